The van der Waals surface area contributed by atoms with Gasteiger partial charge in [0.05, 0.1) is 5.52 Å². The SMILES string of the molecule is O=C(N[C@H]1CC[C@@H](CNc2cc(C(F)(F)F)nc3ccc(Cl)cc23)CC1)C1CSC(c2cccnc2)=N1. The van der Waals surface area contributed by atoms with Crippen LogP contribution < -0.4 is 10.6 Å². The van der Waals surface area contributed by atoms with Gasteiger partial charge in [0.25, 0.3) is 0 Å². The van der Waals surface area contributed by atoms with Crippen LogP contribution in [0.4, 0.5) is 18.9 Å². The summed E-state index contributed by atoms with van der Waals surface area (Å²) >= 11 is 7.65. The molecular weight excluding hydrogens is 523 g/mol. The molecule has 0 radical (unpaired) electrons. The number of aliphatic imine (C=N–C) groups is 1. The van der Waals surface area contributed by atoms with E-state index < -0.39 is 17.9 Å². The number of hydrogen-bond acceptors (Lipinski definition) is 6. The topological polar surface area (TPSA) is 79.3 Å². The lowest BCUT2D eigenvalue weighted by Gasteiger charge is -2.30. The molecule has 0 spiro atoms. The monoisotopic (exact) mass is 547 g/mol. The minimum atomic E-state index is -4.54. The molecule has 2 aromatic heterocycles. The van der Waals surface area contributed by atoms with Crippen LogP contribution in [0.25, 0.3) is 10.9 Å². The van der Waals surface area contributed by atoms with E-state index in [0.717, 1.165) is 42.4 Å². The van der Waals surface area contributed by atoms with E-state index in [2.05, 4.69) is 25.6 Å². The minimum absolute atomic E-state index is 0.0622. The quantitative estimate of drug-likeness (QED) is 0.398. The lowest BCUT2D eigenvalue weighted by Crippen LogP contribution is -2.43. The van der Waals surface area contributed by atoms with E-state index in [4.69, 9.17) is 11.6 Å². The average molecular weight is 548 g/mol. The number of hydrogen-bond donors (Lipinski definition) is 2. The van der Waals surface area contributed by atoms with Crippen molar-refractivity contribution in [3.8, 4) is 0 Å². The Morgan fingerprint density at radius 2 is 1.95 bits per heavy atom. The molecule has 2 aliphatic rings. The van der Waals surface area contributed by atoms with E-state index in [-0.39, 0.29) is 23.4 Å². The van der Waals surface area contributed by atoms with Crippen LogP contribution in [0, 0.1) is 5.92 Å². The molecule has 11 heteroatoms. The molecule has 1 aliphatic heterocycles. The van der Waals surface area contributed by atoms with Gasteiger partial charge in [0.1, 0.15) is 16.8 Å². The van der Waals surface area contributed by atoms with Crippen molar-refractivity contribution in [2.45, 2.75) is 43.9 Å². The first kappa shape index (κ1) is 25.8. The second kappa shape index (κ2) is 10.9. The zero-order valence-electron chi connectivity index (χ0n) is 19.8. The molecular formula is C26H25ClF3N5OS. The molecule has 2 N–H and O–H groups in total. The Kier molecular flexibility index (Phi) is 7.57. The van der Waals surface area contributed by atoms with Gasteiger partial charge in [0.15, 0.2) is 0 Å². The maximum Gasteiger partial charge on any atom is 0.433 e. The maximum atomic E-state index is 13.4. The Hall–Kier alpha value is -2.85. The summed E-state index contributed by atoms with van der Waals surface area (Å²) in [4.78, 5) is 25.2. The van der Waals surface area contributed by atoms with Crippen molar-refractivity contribution >= 4 is 50.9 Å². The van der Waals surface area contributed by atoms with Crippen LogP contribution in [0.2, 0.25) is 5.02 Å². The number of anilines is 1. The van der Waals surface area contributed by atoms with Gasteiger partial charge in [-0.1, -0.05) is 11.6 Å². The van der Waals surface area contributed by atoms with Crippen molar-refractivity contribution < 1.29 is 18.0 Å². The molecule has 37 heavy (non-hydrogen) atoms. The number of fused-ring (bicyclic) bond motifs is 1. The molecule has 3 heterocycles. The van der Waals surface area contributed by atoms with Crippen LogP contribution >= 0.6 is 23.4 Å². The number of thioether (sulfide) groups is 1. The van der Waals surface area contributed by atoms with Gasteiger partial charge in [-0.2, -0.15) is 13.2 Å². The predicted octanol–water partition coefficient (Wildman–Crippen LogP) is 5.95. The first-order valence-electron chi connectivity index (χ1n) is 12.1. The van der Waals surface area contributed by atoms with Gasteiger partial charge in [-0.05, 0) is 68.0 Å². The predicted molar refractivity (Wildman–Crippen MR) is 141 cm³/mol. The highest BCUT2D eigenvalue weighted by molar-refractivity contribution is 8.14. The summed E-state index contributed by atoms with van der Waals surface area (Å²) in [5.41, 5.74) is 0.599. The third kappa shape index (κ3) is 6.18. The molecule has 1 fully saturated rings. The Bertz CT molecular complexity index is 1310. The summed E-state index contributed by atoms with van der Waals surface area (Å²) in [6, 6.07) is 9.15. The highest BCUT2D eigenvalue weighted by Gasteiger charge is 2.34. The smallest absolute Gasteiger partial charge is 0.384 e. The van der Waals surface area contributed by atoms with Crippen LogP contribution in [0.5, 0.6) is 0 Å². The second-order valence-corrected chi connectivity index (χ2v) is 10.8. The van der Waals surface area contributed by atoms with Gasteiger partial charge in [0.2, 0.25) is 5.91 Å². The normalized spacial score (nSPS) is 22.1. The van der Waals surface area contributed by atoms with Crippen molar-refractivity contribution in [3.05, 3.63) is 65.1 Å². The fraction of sp³-hybridized carbons (Fsp3) is 0.385. The third-order valence-corrected chi connectivity index (χ3v) is 8.03. The number of alkyl halides is 3. The molecule has 1 amide bonds. The Morgan fingerprint density at radius 3 is 2.68 bits per heavy atom. The third-order valence-electron chi connectivity index (χ3n) is 6.70. The van der Waals surface area contributed by atoms with E-state index in [1.807, 2.05) is 12.1 Å². The van der Waals surface area contributed by atoms with Gasteiger partial charge in [-0.3, -0.25) is 14.8 Å². The number of pyridine rings is 2. The summed E-state index contributed by atoms with van der Waals surface area (Å²) in [7, 11) is 0. The molecule has 1 unspecified atom stereocenters. The lowest BCUT2D eigenvalue weighted by molar-refractivity contribution is -0.140. The zero-order valence-corrected chi connectivity index (χ0v) is 21.3. The molecule has 1 atom stereocenters. The molecule has 1 aromatic carbocycles. The van der Waals surface area contributed by atoms with Crippen LogP contribution in [0.15, 0.2) is 53.8 Å². The Balaban J connectivity index is 1.16. The van der Waals surface area contributed by atoms with E-state index in [1.165, 1.54) is 12.1 Å². The summed E-state index contributed by atoms with van der Waals surface area (Å²) in [6.07, 6.45) is 2.25. The zero-order chi connectivity index (χ0) is 26.0. The first-order chi connectivity index (χ1) is 17.8. The van der Waals surface area contributed by atoms with Crippen LogP contribution in [-0.2, 0) is 11.0 Å². The number of benzene rings is 1. The van der Waals surface area contributed by atoms with E-state index in [1.54, 1.807) is 30.2 Å². The summed E-state index contributed by atoms with van der Waals surface area (Å²) < 4.78 is 40.1. The number of nitrogens with zero attached hydrogens (tertiary/aromatic N) is 3. The van der Waals surface area contributed by atoms with Crippen LogP contribution in [0.1, 0.15) is 36.9 Å². The van der Waals surface area contributed by atoms with Gasteiger partial charge in [0, 0.05) is 52.4 Å². The second-order valence-electron chi connectivity index (χ2n) is 9.32. The van der Waals surface area contributed by atoms with Gasteiger partial charge >= 0.3 is 6.18 Å². The molecule has 0 bridgehead atoms. The fourth-order valence-corrected chi connectivity index (χ4v) is 5.91. The number of rotatable bonds is 6. The van der Waals surface area contributed by atoms with Crippen LogP contribution in [0.3, 0.4) is 0 Å². The number of halogens is 4. The van der Waals surface area contributed by atoms with Crippen molar-refractivity contribution in [1.29, 1.82) is 0 Å². The molecule has 1 aliphatic carbocycles. The number of carbonyl (C=O) groups is 1. The summed E-state index contributed by atoms with van der Waals surface area (Å²) in [5, 5.41) is 8.17. The minimum Gasteiger partial charge on any atom is -0.384 e. The van der Waals surface area contributed by atoms with E-state index in [9.17, 15) is 18.0 Å². The number of carbonyl (C=O) groups excluding carboxylic acids is 1. The molecule has 3 aromatic rings. The van der Waals surface area contributed by atoms with Crippen molar-refractivity contribution in [1.82, 2.24) is 15.3 Å². The summed E-state index contributed by atoms with van der Waals surface area (Å²) in [5.74, 6) is 0.828. The number of amides is 1. The van der Waals surface area contributed by atoms with E-state index >= 15 is 0 Å². The van der Waals surface area contributed by atoms with Crippen molar-refractivity contribution in [2.75, 3.05) is 17.6 Å². The molecule has 0 saturated heterocycles. The van der Waals surface area contributed by atoms with Gasteiger partial charge in [-0.15, -0.1) is 11.8 Å². The number of aromatic nitrogens is 2. The molecule has 1 saturated carbocycles. The van der Waals surface area contributed by atoms with Crippen molar-refractivity contribution in [2.24, 2.45) is 10.9 Å². The first-order valence-corrected chi connectivity index (χ1v) is 13.5. The maximum absolute atomic E-state index is 13.4. The standard InChI is InChI=1S/C26H25ClF3N5OS/c27-17-5-8-20-19(10-17)21(11-23(34-20)26(28,29)30)32-12-15-3-6-18(7-4-15)33-24(36)22-14-37-25(35-22)16-2-1-9-31-13-16/h1-2,5,8-11,13,15,18,22H,3-4,6-7,12,14H2,(H,32,34)(H,33,36)/t15-,18+,22?. The molecule has 6 nitrogen and oxygen atoms in total. The fourth-order valence-electron chi connectivity index (χ4n) is 4.71. The van der Waals surface area contributed by atoms with Crippen molar-refractivity contribution in [3.63, 3.8) is 0 Å². The molecule has 5 rings (SSSR count). The highest BCUT2D eigenvalue weighted by Crippen LogP contribution is 2.35. The Labute approximate surface area is 221 Å². The summed E-state index contributed by atoms with van der Waals surface area (Å²) in [6.45, 7) is 0.529. The van der Waals surface area contributed by atoms with Crippen LogP contribution in [-0.4, -0.2) is 45.3 Å². The largest absolute Gasteiger partial charge is 0.433 e. The van der Waals surface area contributed by atoms with Gasteiger partial charge < -0.3 is 10.6 Å². The molecule has 194 valence electrons. The highest BCUT2D eigenvalue weighted by atomic mass is 35.5. The van der Waals surface area contributed by atoms with Gasteiger partial charge in [-0.25, -0.2) is 4.98 Å². The Morgan fingerprint density at radius 1 is 1.14 bits per heavy atom. The lowest BCUT2D eigenvalue weighted by atomic mass is 9.86. The van der Waals surface area contributed by atoms with E-state index in [0.29, 0.717) is 28.4 Å². The average Bonchev–Trinajstić information content (AvgIpc) is 3.39. The number of nitrogens with one attached hydrogen (secondary N) is 2.